The van der Waals surface area contributed by atoms with Crippen LogP contribution in [0.5, 0.6) is 0 Å². The summed E-state index contributed by atoms with van der Waals surface area (Å²) in [5.74, 6) is 1.15. The van der Waals surface area contributed by atoms with Gasteiger partial charge in [0.05, 0.1) is 12.2 Å². The molecule has 0 bridgehead atoms. The fraction of sp³-hybridized carbons (Fsp3) is 0.600. The molecule has 0 spiro atoms. The van der Waals surface area contributed by atoms with Crippen LogP contribution in [-0.2, 0) is 6.42 Å². The van der Waals surface area contributed by atoms with Gasteiger partial charge in [0.2, 0.25) is 0 Å². The van der Waals surface area contributed by atoms with Crippen LogP contribution < -0.4 is 0 Å². The number of rotatable bonds is 10. The number of aliphatic hydroxyl groups is 2. The van der Waals surface area contributed by atoms with Gasteiger partial charge in [-0.3, -0.25) is 0 Å². The molecule has 1 aromatic rings. The first-order valence-electron chi connectivity index (χ1n) is 11.1. The monoisotopic (exact) mass is 417 g/mol. The van der Waals surface area contributed by atoms with Crippen molar-refractivity contribution in [1.29, 1.82) is 0 Å². The van der Waals surface area contributed by atoms with E-state index in [0.717, 1.165) is 18.4 Å². The number of benzene rings is 1. The third-order valence-corrected chi connectivity index (χ3v) is 6.68. The minimum absolute atomic E-state index is 0.150. The fourth-order valence-corrected chi connectivity index (χ4v) is 5.19. The molecular weight excluding hydrogens is 382 g/mol. The molecule has 2 N–H and O–H groups in total. The molecule has 0 aliphatic heterocycles. The van der Waals surface area contributed by atoms with E-state index < -0.39 is 6.10 Å². The van der Waals surface area contributed by atoms with Crippen molar-refractivity contribution in [2.75, 3.05) is 20.6 Å². The summed E-state index contributed by atoms with van der Waals surface area (Å²) >= 11 is 6.03. The summed E-state index contributed by atoms with van der Waals surface area (Å²) in [6, 6.07) is 7.63. The number of hydrogen-bond acceptors (Lipinski definition) is 3. The SMILES string of the molecule is CN(C)CCCCCC1=C[C@H]2C[C@@H](O)[C@H](C=C[C@H](O)Cc3cccc(Cl)c3)[C@H]2C1. The number of fused-ring (bicyclic) bond motifs is 1. The Hall–Kier alpha value is -1.13. The third-order valence-electron chi connectivity index (χ3n) is 6.44. The van der Waals surface area contributed by atoms with Crippen molar-refractivity contribution in [1.82, 2.24) is 4.90 Å². The first-order chi connectivity index (χ1) is 13.9. The number of unbranched alkanes of at least 4 members (excludes halogenated alkanes) is 2. The van der Waals surface area contributed by atoms with Crippen molar-refractivity contribution >= 4 is 11.6 Å². The lowest BCUT2D eigenvalue weighted by Gasteiger charge is -2.19. The molecular formula is C25H36ClNO2. The Balaban J connectivity index is 1.47. The van der Waals surface area contributed by atoms with E-state index in [-0.39, 0.29) is 12.0 Å². The summed E-state index contributed by atoms with van der Waals surface area (Å²) in [5, 5.41) is 21.6. The lowest BCUT2D eigenvalue weighted by atomic mass is 9.88. The molecule has 1 saturated carbocycles. The zero-order chi connectivity index (χ0) is 20.8. The topological polar surface area (TPSA) is 43.7 Å². The van der Waals surface area contributed by atoms with E-state index in [4.69, 9.17) is 11.6 Å². The van der Waals surface area contributed by atoms with Gasteiger partial charge < -0.3 is 15.1 Å². The second-order valence-electron chi connectivity index (χ2n) is 9.14. The minimum Gasteiger partial charge on any atom is -0.392 e. The van der Waals surface area contributed by atoms with Crippen LogP contribution in [0.25, 0.3) is 0 Å². The maximum atomic E-state index is 10.5. The highest BCUT2D eigenvalue weighted by Crippen LogP contribution is 2.48. The van der Waals surface area contributed by atoms with Gasteiger partial charge in [0.25, 0.3) is 0 Å². The van der Waals surface area contributed by atoms with Crippen molar-refractivity contribution in [2.45, 2.75) is 57.2 Å². The molecule has 0 aromatic heterocycles. The fourth-order valence-electron chi connectivity index (χ4n) is 4.98. The second kappa shape index (κ2) is 10.8. The van der Waals surface area contributed by atoms with Crippen LogP contribution in [0, 0.1) is 17.8 Å². The smallest absolute Gasteiger partial charge is 0.0761 e. The highest BCUT2D eigenvalue weighted by Gasteiger charge is 2.43. The normalized spacial score (nSPS) is 27.6. The summed E-state index contributed by atoms with van der Waals surface area (Å²) in [6.45, 7) is 1.17. The molecule has 1 fully saturated rings. The molecule has 4 heteroatoms. The van der Waals surface area contributed by atoms with Crippen LogP contribution in [0.1, 0.15) is 44.1 Å². The minimum atomic E-state index is -0.551. The second-order valence-corrected chi connectivity index (χ2v) is 9.57. The molecule has 1 aromatic carbocycles. The molecule has 0 amide bonds. The van der Waals surface area contributed by atoms with E-state index in [9.17, 15) is 10.2 Å². The molecule has 0 heterocycles. The van der Waals surface area contributed by atoms with Crippen LogP contribution in [0.4, 0.5) is 0 Å². The number of aliphatic hydroxyl groups excluding tert-OH is 2. The average molecular weight is 418 g/mol. The highest BCUT2D eigenvalue weighted by atomic mass is 35.5. The van der Waals surface area contributed by atoms with Crippen molar-refractivity contribution in [2.24, 2.45) is 17.8 Å². The molecule has 3 nitrogen and oxygen atoms in total. The van der Waals surface area contributed by atoms with Gasteiger partial charge in [0, 0.05) is 17.4 Å². The van der Waals surface area contributed by atoms with Crippen LogP contribution >= 0.6 is 11.6 Å². The molecule has 29 heavy (non-hydrogen) atoms. The van der Waals surface area contributed by atoms with E-state index in [2.05, 4.69) is 31.1 Å². The molecule has 5 atom stereocenters. The standard InChI is InChI=1S/C25H36ClNO2/c1-27(2)12-5-3-4-7-18-13-20-17-25(29)23(24(20)16-18)11-10-22(28)15-19-8-6-9-21(26)14-19/h6,8-11,13-14,20,22-25,28-29H,3-5,7,12,15-17H2,1-2H3/t20-,22-,23+,24-,25+/m0/s1. The highest BCUT2D eigenvalue weighted by molar-refractivity contribution is 6.30. The molecule has 2 aliphatic rings. The van der Waals surface area contributed by atoms with E-state index in [1.807, 2.05) is 30.3 Å². The van der Waals surface area contributed by atoms with Gasteiger partial charge in [-0.2, -0.15) is 0 Å². The Morgan fingerprint density at radius 3 is 2.83 bits per heavy atom. The van der Waals surface area contributed by atoms with E-state index in [1.54, 1.807) is 5.57 Å². The predicted molar refractivity (Wildman–Crippen MR) is 121 cm³/mol. The Kier molecular flexibility index (Phi) is 8.37. The Morgan fingerprint density at radius 1 is 1.24 bits per heavy atom. The van der Waals surface area contributed by atoms with Gasteiger partial charge in [-0.15, -0.1) is 0 Å². The van der Waals surface area contributed by atoms with Gasteiger partial charge in [0.1, 0.15) is 0 Å². The van der Waals surface area contributed by atoms with Gasteiger partial charge in [-0.25, -0.2) is 0 Å². The first-order valence-corrected chi connectivity index (χ1v) is 11.4. The van der Waals surface area contributed by atoms with Gasteiger partial charge in [-0.1, -0.05) is 54.0 Å². The molecule has 0 saturated heterocycles. The van der Waals surface area contributed by atoms with Gasteiger partial charge in [0.15, 0.2) is 0 Å². The van der Waals surface area contributed by atoms with Gasteiger partial charge in [-0.05, 0) is 82.3 Å². The van der Waals surface area contributed by atoms with E-state index >= 15 is 0 Å². The van der Waals surface area contributed by atoms with Crippen molar-refractivity contribution < 1.29 is 10.2 Å². The van der Waals surface area contributed by atoms with E-state index in [1.165, 1.54) is 32.2 Å². The van der Waals surface area contributed by atoms with Crippen molar-refractivity contribution in [3.63, 3.8) is 0 Å². The Morgan fingerprint density at radius 2 is 2.07 bits per heavy atom. The van der Waals surface area contributed by atoms with E-state index in [0.29, 0.717) is 23.3 Å². The number of allylic oxidation sites excluding steroid dienone is 2. The Labute approximate surface area is 181 Å². The van der Waals surface area contributed by atoms with Crippen LogP contribution in [0.2, 0.25) is 5.02 Å². The Bertz CT molecular complexity index is 715. The summed E-state index contributed by atoms with van der Waals surface area (Å²) in [5.41, 5.74) is 2.60. The molecule has 0 unspecified atom stereocenters. The average Bonchev–Trinajstić information content (AvgIpc) is 3.16. The maximum absolute atomic E-state index is 10.5. The number of halogens is 1. The van der Waals surface area contributed by atoms with Crippen LogP contribution in [0.15, 0.2) is 48.1 Å². The summed E-state index contributed by atoms with van der Waals surface area (Å²) < 4.78 is 0. The van der Waals surface area contributed by atoms with Gasteiger partial charge >= 0.3 is 0 Å². The molecule has 3 rings (SSSR count). The summed E-state index contributed by atoms with van der Waals surface area (Å²) in [6.07, 6.45) is 13.1. The summed E-state index contributed by atoms with van der Waals surface area (Å²) in [7, 11) is 4.26. The first kappa shape index (κ1) is 22.6. The zero-order valence-corrected chi connectivity index (χ0v) is 18.6. The number of hydrogen-bond donors (Lipinski definition) is 2. The number of nitrogens with zero attached hydrogens (tertiary/aromatic N) is 1. The molecule has 160 valence electrons. The molecule has 0 radical (unpaired) electrons. The lowest BCUT2D eigenvalue weighted by Crippen LogP contribution is -2.18. The zero-order valence-electron chi connectivity index (χ0n) is 17.8. The maximum Gasteiger partial charge on any atom is 0.0761 e. The van der Waals surface area contributed by atoms with Crippen molar-refractivity contribution in [3.05, 3.63) is 58.7 Å². The van der Waals surface area contributed by atoms with Crippen LogP contribution in [0.3, 0.4) is 0 Å². The van der Waals surface area contributed by atoms with Crippen LogP contribution in [-0.4, -0.2) is 48.0 Å². The third kappa shape index (κ3) is 6.68. The lowest BCUT2D eigenvalue weighted by molar-refractivity contribution is 0.140. The summed E-state index contributed by atoms with van der Waals surface area (Å²) in [4.78, 5) is 2.25. The largest absolute Gasteiger partial charge is 0.392 e. The molecule has 2 aliphatic carbocycles. The predicted octanol–water partition coefficient (Wildman–Crippen LogP) is 4.86. The quantitative estimate of drug-likeness (QED) is 0.421. The van der Waals surface area contributed by atoms with Crippen molar-refractivity contribution in [3.8, 4) is 0 Å².